The number of hydrogen-bond donors (Lipinski definition) is 1. The van der Waals surface area contributed by atoms with Crippen LogP contribution in [0, 0.1) is 11.6 Å². The lowest BCUT2D eigenvalue weighted by Crippen LogP contribution is -2.41. The van der Waals surface area contributed by atoms with Crippen molar-refractivity contribution in [1.82, 2.24) is 4.72 Å². The van der Waals surface area contributed by atoms with Gasteiger partial charge in [-0.25, -0.2) is 17.2 Å². The first-order valence-electron chi connectivity index (χ1n) is 7.22. The predicted molar refractivity (Wildman–Crippen MR) is 83.9 cm³/mol. The van der Waals surface area contributed by atoms with Crippen LogP contribution in [-0.4, -0.2) is 26.9 Å². The lowest BCUT2D eigenvalue weighted by molar-refractivity contribution is -0.118. The average Bonchev–Trinajstić information content (AvgIpc) is 2.89. The molecule has 126 valence electrons. The highest BCUT2D eigenvalue weighted by molar-refractivity contribution is 7.89. The number of anilines is 1. The number of nitrogens with zero attached hydrogens (tertiary/aromatic N) is 1. The lowest BCUT2D eigenvalue weighted by Gasteiger charge is -2.17. The van der Waals surface area contributed by atoms with Crippen molar-refractivity contribution in [1.29, 1.82) is 0 Å². The fourth-order valence-electron chi connectivity index (χ4n) is 2.58. The molecule has 1 amide bonds. The van der Waals surface area contributed by atoms with E-state index in [0.29, 0.717) is 5.69 Å². The molecule has 8 heteroatoms. The Hall–Kier alpha value is -2.32. The Morgan fingerprint density at radius 2 is 1.71 bits per heavy atom. The normalized spacial score (nSPS) is 18.2. The third kappa shape index (κ3) is 3.15. The second kappa shape index (κ2) is 6.29. The molecule has 2 aromatic carbocycles. The van der Waals surface area contributed by atoms with Crippen molar-refractivity contribution in [3.8, 4) is 0 Å². The van der Waals surface area contributed by atoms with Gasteiger partial charge in [0.05, 0.1) is 0 Å². The Labute approximate surface area is 138 Å². The molecule has 0 saturated carbocycles. The van der Waals surface area contributed by atoms with Gasteiger partial charge in [0.15, 0.2) is 0 Å². The predicted octanol–water partition coefficient (Wildman–Crippen LogP) is 2.05. The van der Waals surface area contributed by atoms with Gasteiger partial charge in [-0.2, -0.15) is 4.72 Å². The number of benzene rings is 2. The second-order valence-corrected chi connectivity index (χ2v) is 7.04. The van der Waals surface area contributed by atoms with Crippen molar-refractivity contribution < 1.29 is 22.0 Å². The molecule has 0 radical (unpaired) electrons. The number of amides is 1. The Morgan fingerprint density at radius 3 is 2.38 bits per heavy atom. The number of nitrogens with one attached hydrogen (secondary N) is 1. The molecule has 0 bridgehead atoms. The molecule has 0 unspecified atom stereocenters. The van der Waals surface area contributed by atoms with Gasteiger partial charge < -0.3 is 4.90 Å². The summed E-state index contributed by atoms with van der Waals surface area (Å²) in [6, 6.07) is 9.30. The van der Waals surface area contributed by atoms with Crippen LogP contribution in [0.1, 0.15) is 6.42 Å². The molecule has 0 aromatic heterocycles. The third-order valence-corrected chi connectivity index (χ3v) is 5.27. The van der Waals surface area contributed by atoms with Gasteiger partial charge in [-0.05, 0) is 42.8 Å². The van der Waals surface area contributed by atoms with Crippen LogP contribution >= 0.6 is 0 Å². The standard InChI is InChI=1S/C16H14F2N2O3S/c17-11-5-7-12(8-6-11)20-10-9-14(16(20)21)19-24(22,23)15-4-2-1-3-13(15)18/h1-8,14,19H,9-10H2/t14-/m1/s1. The zero-order chi connectivity index (χ0) is 17.3. The van der Waals surface area contributed by atoms with E-state index in [0.717, 1.165) is 12.1 Å². The molecule has 5 nitrogen and oxygen atoms in total. The number of sulfonamides is 1. The van der Waals surface area contributed by atoms with Gasteiger partial charge in [0.2, 0.25) is 15.9 Å². The number of carbonyl (C=O) groups is 1. The van der Waals surface area contributed by atoms with Crippen LogP contribution < -0.4 is 9.62 Å². The van der Waals surface area contributed by atoms with Crippen LogP contribution in [0.3, 0.4) is 0 Å². The van der Waals surface area contributed by atoms with E-state index in [1.807, 2.05) is 0 Å². The van der Waals surface area contributed by atoms with E-state index in [1.165, 1.54) is 41.3 Å². The number of rotatable bonds is 4. The van der Waals surface area contributed by atoms with Crippen molar-refractivity contribution in [2.75, 3.05) is 11.4 Å². The molecular weight excluding hydrogens is 338 g/mol. The summed E-state index contributed by atoms with van der Waals surface area (Å²) in [5, 5.41) is 0. The van der Waals surface area contributed by atoms with Crippen LogP contribution in [0.2, 0.25) is 0 Å². The average molecular weight is 352 g/mol. The van der Waals surface area contributed by atoms with E-state index in [2.05, 4.69) is 4.72 Å². The molecule has 1 aliphatic rings. The Bertz CT molecular complexity index is 869. The van der Waals surface area contributed by atoms with Gasteiger partial charge >= 0.3 is 0 Å². The van der Waals surface area contributed by atoms with E-state index in [1.54, 1.807) is 0 Å². The summed E-state index contributed by atoms with van der Waals surface area (Å²) in [5.74, 6) is -1.77. The summed E-state index contributed by atoms with van der Waals surface area (Å²) in [7, 11) is -4.15. The first-order chi connectivity index (χ1) is 11.4. The fraction of sp³-hybridized carbons (Fsp3) is 0.188. The quantitative estimate of drug-likeness (QED) is 0.916. The topological polar surface area (TPSA) is 66.5 Å². The first kappa shape index (κ1) is 16.5. The van der Waals surface area contributed by atoms with Crippen molar-refractivity contribution in [3.05, 3.63) is 60.2 Å². The molecule has 2 aromatic rings. The zero-order valence-electron chi connectivity index (χ0n) is 12.4. The summed E-state index contributed by atoms with van der Waals surface area (Å²) < 4.78 is 53.4. The summed E-state index contributed by atoms with van der Waals surface area (Å²) in [6.07, 6.45) is 0.240. The number of carbonyl (C=O) groups excluding carboxylic acids is 1. The van der Waals surface area contributed by atoms with Crippen LogP contribution in [0.15, 0.2) is 53.4 Å². The molecule has 0 aliphatic carbocycles. The number of hydrogen-bond acceptors (Lipinski definition) is 3. The fourth-order valence-corrected chi connectivity index (χ4v) is 3.88. The van der Waals surface area contributed by atoms with Crippen LogP contribution in [0.4, 0.5) is 14.5 Å². The van der Waals surface area contributed by atoms with Crippen molar-refractivity contribution in [3.63, 3.8) is 0 Å². The highest BCUT2D eigenvalue weighted by atomic mass is 32.2. The Morgan fingerprint density at radius 1 is 1.04 bits per heavy atom. The molecule has 1 heterocycles. The van der Waals surface area contributed by atoms with Gasteiger partial charge in [-0.15, -0.1) is 0 Å². The third-order valence-electron chi connectivity index (χ3n) is 3.77. The second-order valence-electron chi connectivity index (χ2n) is 5.36. The van der Waals surface area contributed by atoms with Gasteiger partial charge in [0.25, 0.3) is 0 Å². The maximum absolute atomic E-state index is 13.7. The monoisotopic (exact) mass is 352 g/mol. The number of halogens is 2. The molecule has 0 spiro atoms. The van der Waals surface area contributed by atoms with E-state index in [9.17, 15) is 22.0 Å². The van der Waals surface area contributed by atoms with E-state index in [-0.39, 0.29) is 13.0 Å². The maximum atomic E-state index is 13.7. The molecule has 24 heavy (non-hydrogen) atoms. The van der Waals surface area contributed by atoms with Crippen molar-refractivity contribution in [2.24, 2.45) is 0 Å². The van der Waals surface area contributed by atoms with E-state index in [4.69, 9.17) is 0 Å². The molecule has 1 N–H and O–H groups in total. The lowest BCUT2D eigenvalue weighted by atomic mass is 10.3. The van der Waals surface area contributed by atoms with Gasteiger partial charge in [0.1, 0.15) is 22.6 Å². The van der Waals surface area contributed by atoms with Gasteiger partial charge in [0, 0.05) is 12.2 Å². The smallest absolute Gasteiger partial charge is 0.245 e. The minimum Gasteiger partial charge on any atom is -0.311 e. The summed E-state index contributed by atoms with van der Waals surface area (Å²) in [5.41, 5.74) is 0.481. The summed E-state index contributed by atoms with van der Waals surface area (Å²) in [4.78, 5) is 13.3. The first-order valence-corrected chi connectivity index (χ1v) is 8.70. The van der Waals surface area contributed by atoms with E-state index >= 15 is 0 Å². The Balaban J connectivity index is 1.79. The SMILES string of the molecule is O=C1[C@H](NS(=O)(=O)c2ccccc2F)CCN1c1ccc(F)cc1. The summed E-state index contributed by atoms with van der Waals surface area (Å²) in [6.45, 7) is 0.287. The molecule has 1 atom stereocenters. The van der Waals surface area contributed by atoms with Crippen molar-refractivity contribution in [2.45, 2.75) is 17.4 Å². The molecular formula is C16H14F2N2O3S. The van der Waals surface area contributed by atoms with Crippen LogP contribution in [0.5, 0.6) is 0 Å². The molecule has 3 rings (SSSR count). The molecule has 1 fully saturated rings. The van der Waals surface area contributed by atoms with E-state index < -0.39 is 38.5 Å². The highest BCUT2D eigenvalue weighted by Crippen LogP contribution is 2.23. The Kier molecular flexibility index (Phi) is 4.33. The van der Waals surface area contributed by atoms with Gasteiger partial charge in [-0.1, -0.05) is 12.1 Å². The van der Waals surface area contributed by atoms with Gasteiger partial charge in [-0.3, -0.25) is 4.79 Å². The molecule has 1 saturated heterocycles. The zero-order valence-corrected chi connectivity index (χ0v) is 13.3. The maximum Gasteiger partial charge on any atom is 0.245 e. The summed E-state index contributed by atoms with van der Waals surface area (Å²) >= 11 is 0. The molecule has 1 aliphatic heterocycles. The van der Waals surface area contributed by atoms with Crippen LogP contribution in [0.25, 0.3) is 0 Å². The largest absolute Gasteiger partial charge is 0.311 e. The minimum atomic E-state index is -4.15. The van der Waals surface area contributed by atoms with Crippen molar-refractivity contribution >= 4 is 21.6 Å². The highest BCUT2D eigenvalue weighted by Gasteiger charge is 2.36. The minimum absolute atomic E-state index is 0.240. The van der Waals surface area contributed by atoms with Crippen LogP contribution in [-0.2, 0) is 14.8 Å².